The van der Waals surface area contributed by atoms with Crippen molar-refractivity contribution in [2.24, 2.45) is 10.9 Å². The van der Waals surface area contributed by atoms with Crippen LogP contribution in [0.3, 0.4) is 0 Å². The lowest BCUT2D eigenvalue weighted by atomic mass is 10.1. The van der Waals surface area contributed by atoms with Crippen LogP contribution in [0.5, 0.6) is 0 Å². The smallest absolute Gasteiger partial charge is 0.292 e. The van der Waals surface area contributed by atoms with Crippen LogP contribution >= 0.6 is 12.2 Å². The Labute approximate surface area is 162 Å². The average molecular weight is 391 g/mol. The molecule has 0 radical (unpaired) electrons. The highest BCUT2D eigenvalue weighted by Gasteiger charge is 2.41. The molecule has 1 heterocycles. The fourth-order valence-electron chi connectivity index (χ4n) is 2.70. The number of aliphatic imine (C=N–C) groups is 1. The van der Waals surface area contributed by atoms with Gasteiger partial charge in [-0.15, -0.1) is 0 Å². The minimum atomic E-state index is -0.998. The van der Waals surface area contributed by atoms with Crippen LogP contribution in [0, 0.1) is 16.0 Å². The van der Waals surface area contributed by atoms with Gasteiger partial charge in [0.1, 0.15) is 5.69 Å². The van der Waals surface area contributed by atoms with Crippen LogP contribution in [-0.4, -0.2) is 64.0 Å². The Hall–Kier alpha value is -2.88. The lowest BCUT2D eigenvalue weighted by molar-refractivity contribution is -0.384. The van der Waals surface area contributed by atoms with Crippen LogP contribution in [0.25, 0.3) is 0 Å². The maximum atomic E-state index is 12.5. The number of anilines is 1. The maximum Gasteiger partial charge on any atom is 0.292 e. The second kappa shape index (κ2) is 9.17. The monoisotopic (exact) mass is 391 g/mol. The fraction of sp³-hybridized carbons (Fsp3) is 0.412. The zero-order valence-corrected chi connectivity index (χ0v) is 15.9. The minimum absolute atomic E-state index is 0.0233. The van der Waals surface area contributed by atoms with Gasteiger partial charge in [0.05, 0.1) is 11.5 Å². The summed E-state index contributed by atoms with van der Waals surface area (Å²) < 4.78 is 0. The normalized spacial score (nSPS) is 15.7. The van der Waals surface area contributed by atoms with Gasteiger partial charge in [0.2, 0.25) is 11.8 Å². The van der Waals surface area contributed by atoms with E-state index in [1.165, 1.54) is 22.1 Å². The number of nitro groups is 1. The molecule has 1 aliphatic heterocycles. The number of nitrogens with one attached hydrogen (secondary N) is 1. The number of hydrogen-bond acceptors (Lipinski definition) is 7. The summed E-state index contributed by atoms with van der Waals surface area (Å²) in [4.78, 5) is 42.4. The Morgan fingerprint density at radius 2 is 1.81 bits per heavy atom. The molecule has 0 bridgehead atoms. The number of rotatable bonds is 8. The summed E-state index contributed by atoms with van der Waals surface area (Å²) in [5, 5.41) is 14.1. The van der Waals surface area contributed by atoms with E-state index in [0.717, 1.165) is 0 Å². The van der Waals surface area contributed by atoms with Crippen LogP contribution in [-0.2, 0) is 9.59 Å². The van der Waals surface area contributed by atoms with E-state index in [-0.39, 0.29) is 29.2 Å². The van der Waals surface area contributed by atoms with E-state index in [4.69, 9.17) is 12.2 Å². The Balaban J connectivity index is 1.99. The van der Waals surface area contributed by atoms with Gasteiger partial charge >= 0.3 is 0 Å². The van der Waals surface area contributed by atoms with Crippen molar-refractivity contribution in [3.63, 3.8) is 0 Å². The molecule has 0 spiro atoms. The highest BCUT2D eigenvalue weighted by molar-refractivity contribution is 7.80. The molecule has 1 aromatic carbocycles. The van der Waals surface area contributed by atoms with E-state index in [0.29, 0.717) is 25.3 Å². The predicted molar refractivity (Wildman–Crippen MR) is 106 cm³/mol. The molecule has 2 amide bonds. The Bertz CT molecular complexity index is 756. The number of amides is 2. The third-order valence-electron chi connectivity index (χ3n) is 4.07. The van der Waals surface area contributed by atoms with E-state index in [9.17, 15) is 19.7 Å². The van der Waals surface area contributed by atoms with Gasteiger partial charge < -0.3 is 5.32 Å². The van der Waals surface area contributed by atoms with Gasteiger partial charge in [-0.05, 0) is 32.1 Å². The van der Waals surface area contributed by atoms with Crippen molar-refractivity contribution < 1.29 is 14.5 Å². The van der Waals surface area contributed by atoms with Crippen molar-refractivity contribution in [3.8, 4) is 0 Å². The standard InChI is InChI=1S/C17H21N5O4S/c1-3-20-15(23)12(16(24)21(4-2)17(20)27)11-18-9-10-19-13-7-5-6-8-14(13)22(25)26/h5-8,11-12,19H,3-4,9-10H2,1-2H3. The molecule has 0 atom stereocenters. The third-order valence-corrected chi connectivity index (χ3v) is 4.51. The summed E-state index contributed by atoms with van der Waals surface area (Å²) in [6.45, 7) is 4.92. The fourth-order valence-corrected chi connectivity index (χ4v) is 3.14. The second-order valence-electron chi connectivity index (χ2n) is 5.68. The summed E-state index contributed by atoms with van der Waals surface area (Å²) in [5.74, 6) is -1.76. The molecule has 0 saturated carbocycles. The molecule has 2 rings (SSSR count). The molecule has 0 aromatic heterocycles. The first-order valence-corrected chi connectivity index (χ1v) is 8.97. The van der Waals surface area contributed by atoms with Gasteiger partial charge in [0.15, 0.2) is 11.0 Å². The number of para-hydroxylation sites is 2. The number of nitrogens with zero attached hydrogens (tertiary/aromatic N) is 4. The van der Waals surface area contributed by atoms with Crippen molar-refractivity contribution in [1.82, 2.24) is 9.80 Å². The summed E-state index contributed by atoms with van der Waals surface area (Å²) in [6, 6.07) is 6.30. The van der Waals surface area contributed by atoms with Crippen molar-refractivity contribution in [1.29, 1.82) is 0 Å². The predicted octanol–water partition coefficient (Wildman–Crippen LogP) is 1.69. The van der Waals surface area contributed by atoms with Crippen molar-refractivity contribution >= 4 is 46.7 Å². The number of benzene rings is 1. The highest BCUT2D eigenvalue weighted by Crippen LogP contribution is 2.22. The first-order chi connectivity index (χ1) is 12.9. The van der Waals surface area contributed by atoms with Crippen LogP contribution in [0.4, 0.5) is 11.4 Å². The number of thiocarbonyl (C=S) groups is 1. The quantitative estimate of drug-likeness (QED) is 0.180. The van der Waals surface area contributed by atoms with Crippen molar-refractivity contribution in [2.75, 3.05) is 31.5 Å². The van der Waals surface area contributed by atoms with E-state index in [1.807, 2.05) is 0 Å². The molecule has 0 aliphatic carbocycles. The molecule has 10 heteroatoms. The van der Waals surface area contributed by atoms with Crippen LogP contribution in [0.15, 0.2) is 29.3 Å². The van der Waals surface area contributed by atoms with Gasteiger partial charge in [0, 0.05) is 31.9 Å². The molecule has 144 valence electrons. The average Bonchev–Trinajstić information content (AvgIpc) is 2.64. The molecule has 1 aliphatic rings. The van der Waals surface area contributed by atoms with E-state index < -0.39 is 10.8 Å². The second-order valence-corrected chi connectivity index (χ2v) is 6.05. The first kappa shape index (κ1) is 20.4. The summed E-state index contributed by atoms with van der Waals surface area (Å²) in [5.41, 5.74) is 0.368. The van der Waals surface area contributed by atoms with Gasteiger partial charge in [-0.25, -0.2) is 0 Å². The number of carbonyl (C=O) groups is 2. The van der Waals surface area contributed by atoms with Crippen LogP contribution in [0.1, 0.15) is 13.8 Å². The highest BCUT2D eigenvalue weighted by atomic mass is 32.1. The number of hydrogen-bond donors (Lipinski definition) is 1. The number of carbonyl (C=O) groups excluding carboxylic acids is 2. The zero-order valence-electron chi connectivity index (χ0n) is 15.1. The molecule has 1 saturated heterocycles. The molecule has 0 unspecified atom stereocenters. The lowest BCUT2D eigenvalue weighted by Gasteiger charge is -2.37. The Kier molecular flexibility index (Phi) is 6.94. The van der Waals surface area contributed by atoms with Crippen molar-refractivity contribution in [3.05, 3.63) is 34.4 Å². The number of nitro benzene ring substituents is 1. The van der Waals surface area contributed by atoms with Crippen LogP contribution < -0.4 is 5.32 Å². The topological polar surface area (TPSA) is 108 Å². The minimum Gasteiger partial charge on any atom is -0.378 e. The third kappa shape index (κ3) is 4.45. The summed E-state index contributed by atoms with van der Waals surface area (Å²) >= 11 is 5.20. The van der Waals surface area contributed by atoms with Gasteiger partial charge in [-0.2, -0.15) is 0 Å². The maximum absolute atomic E-state index is 12.5. The molecular weight excluding hydrogens is 370 g/mol. The van der Waals surface area contributed by atoms with Crippen molar-refractivity contribution in [2.45, 2.75) is 13.8 Å². The Morgan fingerprint density at radius 1 is 1.22 bits per heavy atom. The largest absolute Gasteiger partial charge is 0.378 e. The van der Waals surface area contributed by atoms with E-state index in [1.54, 1.807) is 32.0 Å². The van der Waals surface area contributed by atoms with Gasteiger partial charge in [-0.3, -0.25) is 34.5 Å². The Morgan fingerprint density at radius 3 is 2.37 bits per heavy atom. The van der Waals surface area contributed by atoms with Gasteiger partial charge in [-0.1, -0.05) is 12.1 Å². The molecule has 1 fully saturated rings. The molecule has 1 aromatic rings. The summed E-state index contributed by atoms with van der Waals surface area (Å²) in [6.07, 6.45) is 1.33. The van der Waals surface area contributed by atoms with Crippen LogP contribution in [0.2, 0.25) is 0 Å². The molecule has 27 heavy (non-hydrogen) atoms. The molecule has 1 N–H and O–H groups in total. The lowest BCUT2D eigenvalue weighted by Crippen LogP contribution is -2.59. The van der Waals surface area contributed by atoms with E-state index >= 15 is 0 Å². The zero-order chi connectivity index (χ0) is 20.0. The first-order valence-electron chi connectivity index (χ1n) is 8.56. The molecular formula is C17H21N5O4S. The molecule has 9 nitrogen and oxygen atoms in total. The van der Waals surface area contributed by atoms with E-state index in [2.05, 4.69) is 10.3 Å². The summed E-state index contributed by atoms with van der Waals surface area (Å²) in [7, 11) is 0. The van der Waals surface area contributed by atoms with Gasteiger partial charge in [0.25, 0.3) is 5.69 Å². The SMILES string of the molecule is CCN1C(=O)C(C=NCCNc2ccccc2[N+](=O)[O-])C(=O)N(CC)C1=S.